The van der Waals surface area contributed by atoms with Gasteiger partial charge in [-0.1, -0.05) is 23.4 Å². The number of carbonyl (C=O) groups is 1. The van der Waals surface area contributed by atoms with Gasteiger partial charge in [0, 0.05) is 17.4 Å². The van der Waals surface area contributed by atoms with Crippen LogP contribution in [0, 0.1) is 0 Å². The molecule has 7 heteroatoms. The van der Waals surface area contributed by atoms with Crippen LogP contribution in [0.1, 0.15) is 0 Å². The van der Waals surface area contributed by atoms with Crippen LogP contribution < -0.4 is 11.1 Å². The van der Waals surface area contributed by atoms with Gasteiger partial charge < -0.3 is 11.1 Å². The quantitative estimate of drug-likeness (QED) is 0.711. The van der Waals surface area contributed by atoms with E-state index in [4.69, 9.17) is 5.73 Å². The lowest BCUT2D eigenvalue weighted by Gasteiger charge is -2.07. The monoisotopic (exact) mass is 294 g/mol. The molecule has 2 heterocycles. The highest BCUT2D eigenvalue weighted by molar-refractivity contribution is 5.89. The minimum absolute atomic E-state index is 0.0424. The second kappa shape index (κ2) is 6.04. The number of pyridine rings is 1. The van der Waals surface area contributed by atoms with Crippen molar-refractivity contribution in [1.82, 2.24) is 20.0 Å². The number of amides is 1. The van der Waals surface area contributed by atoms with E-state index in [1.165, 1.54) is 4.68 Å². The summed E-state index contributed by atoms with van der Waals surface area (Å²) in [7, 11) is 0. The second-order valence-electron chi connectivity index (χ2n) is 4.67. The molecule has 3 aromatic rings. The Morgan fingerprint density at radius 3 is 2.91 bits per heavy atom. The standard InChI is InChI=1S/C15H14N6O/c16-12-5-3-4-11(8-12)13-9-18-20-21(13)10-15(22)19-14-6-1-2-7-17-14/h1-9H,10,16H2,(H,17,19,22). The van der Waals surface area contributed by atoms with Crippen LogP contribution >= 0.6 is 0 Å². The van der Waals surface area contributed by atoms with Gasteiger partial charge >= 0.3 is 0 Å². The Morgan fingerprint density at radius 2 is 2.14 bits per heavy atom. The third-order valence-corrected chi connectivity index (χ3v) is 3.03. The van der Waals surface area contributed by atoms with Crippen molar-refractivity contribution in [3.63, 3.8) is 0 Å². The van der Waals surface area contributed by atoms with Gasteiger partial charge in [0.2, 0.25) is 5.91 Å². The molecule has 3 rings (SSSR count). The van der Waals surface area contributed by atoms with Crippen molar-refractivity contribution in [3.05, 3.63) is 54.9 Å². The number of nitrogens with one attached hydrogen (secondary N) is 1. The van der Waals surface area contributed by atoms with Crippen molar-refractivity contribution in [2.75, 3.05) is 11.1 Å². The van der Waals surface area contributed by atoms with E-state index in [1.807, 2.05) is 18.2 Å². The number of anilines is 2. The molecule has 1 aromatic carbocycles. The minimum atomic E-state index is -0.227. The molecule has 0 spiro atoms. The van der Waals surface area contributed by atoms with Crippen LogP contribution in [0.4, 0.5) is 11.5 Å². The lowest BCUT2D eigenvalue weighted by atomic mass is 10.1. The smallest absolute Gasteiger partial charge is 0.247 e. The first-order valence-corrected chi connectivity index (χ1v) is 6.67. The van der Waals surface area contributed by atoms with E-state index in [0.29, 0.717) is 11.5 Å². The Balaban J connectivity index is 1.77. The largest absolute Gasteiger partial charge is 0.399 e. The summed E-state index contributed by atoms with van der Waals surface area (Å²) in [6, 6.07) is 12.6. The summed E-state index contributed by atoms with van der Waals surface area (Å²) >= 11 is 0. The van der Waals surface area contributed by atoms with Crippen LogP contribution in [0.2, 0.25) is 0 Å². The molecule has 3 N–H and O–H groups in total. The third kappa shape index (κ3) is 3.09. The number of hydrogen-bond acceptors (Lipinski definition) is 5. The fourth-order valence-electron chi connectivity index (χ4n) is 2.05. The van der Waals surface area contributed by atoms with Gasteiger partial charge in [0.25, 0.3) is 0 Å². The Kier molecular flexibility index (Phi) is 3.78. The molecule has 0 aliphatic rings. The lowest BCUT2D eigenvalue weighted by molar-refractivity contribution is -0.116. The number of hydrogen-bond donors (Lipinski definition) is 2. The summed E-state index contributed by atoms with van der Waals surface area (Å²) in [6.07, 6.45) is 3.21. The molecular formula is C15H14N6O. The predicted octanol–water partition coefficient (Wildman–Crippen LogP) is 1.56. The van der Waals surface area contributed by atoms with Crippen LogP contribution in [0.5, 0.6) is 0 Å². The molecule has 110 valence electrons. The highest BCUT2D eigenvalue weighted by atomic mass is 16.2. The molecule has 0 radical (unpaired) electrons. The molecule has 0 bridgehead atoms. The topological polar surface area (TPSA) is 98.7 Å². The summed E-state index contributed by atoms with van der Waals surface area (Å²) in [6.45, 7) is 0.0424. The van der Waals surface area contributed by atoms with Crippen molar-refractivity contribution < 1.29 is 4.79 Å². The molecule has 0 unspecified atom stereocenters. The zero-order valence-electron chi connectivity index (χ0n) is 11.7. The zero-order valence-corrected chi connectivity index (χ0v) is 11.7. The highest BCUT2D eigenvalue weighted by Gasteiger charge is 2.11. The Labute approximate surface area is 126 Å². The van der Waals surface area contributed by atoms with E-state index >= 15 is 0 Å². The van der Waals surface area contributed by atoms with Crippen LogP contribution in [-0.4, -0.2) is 25.9 Å². The zero-order chi connectivity index (χ0) is 15.4. The van der Waals surface area contributed by atoms with Crippen molar-refractivity contribution >= 4 is 17.4 Å². The Hall–Kier alpha value is -3.22. The molecule has 2 aromatic heterocycles. The molecule has 0 saturated carbocycles. The summed E-state index contributed by atoms with van der Waals surface area (Å²) in [5, 5.41) is 10.5. The predicted molar refractivity (Wildman–Crippen MR) is 82.7 cm³/mol. The number of benzene rings is 1. The molecular weight excluding hydrogens is 280 g/mol. The molecule has 0 aliphatic heterocycles. The second-order valence-corrected chi connectivity index (χ2v) is 4.67. The van der Waals surface area contributed by atoms with Gasteiger partial charge in [-0.15, -0.1) is 5.10 Å². The first-order chi connectivity index (χ1) is 10.7. The maximum atomic E-state index is 12.1. The number of aromatic nitrogens is 4. The van der Waals surface area contributed by atoms with E-state index in [0.717, 1.165) is 11.3 Å². The summed E-state index contributed by atoms with van der Waals surface area (Å²) < 4.78 is 1.52. The SMILES string of the molecule is Nc1cccc(-c2cnnn2CC(=O)Nc2ccccn2)c1. The average Bonchev–Trinajstić information content (AvgIpc) is 2.96. The summed E-state index contributed by atoms with van der Waals surface area (Å²) in [4.78, 5) is 16.1. The highest BCUT2D eigenvalue weighted by Crippen LogP contribution is 2.20. The maximum absolute atomic E-state index is 12.1. The molecule has 7 nitrogen and oxygen atoms in total. The van der Waals surface area contributed by atoms with Crippen molar-refractivity contribution in [1.29, 1.82) is 0 Å². The van der Waals surface area contributed by atoms with Gasteiger partial charge in [0.05, 0.1) is 11.9 Å². The van der Waals surface area contributed by atoms with Gasteiger partial charge in [0.15, 0.2) is 0 Å². The van der Waals surface area contributed by atoms with Crippen LogP contribution in [0.25, 0.3) is 11.3 Å². The van der Waals surface area contributed by atoms with Gasteiger partial charge in [-0.05, 0) is 24.3 Å². The summed E-state index contributed by atoms with van der Waals surface area (Å²) in [5.74, 6) is 0.271. The van der Waals surface area contributed by atoms with Crippen LogP contribution in [0.3, 0.4) is 0 Å². The van der Waals surface area contributed by atoms with E-state index in [1.54, 1.807) is 36.7 Å². The number of nitrogens with zero attached hydrogens (tertiary/aromatic N) is 4. The van der Waals surface area contributed by atoms with E-state index in [-0.39, 0.29) is 12.5 Å². The molecule has 0 saturated heterocycles. The number of nitrogen functional groups attached to an aromatic ring is 1. The van der Waals surface area contributed by atoms with Crippen LogP contribution in [-0.2, 0) is 11.3 Å². The third-order valence-electron chi connectivity index (χ3n) is 3.03. The molecule has 0 atom stereocenters. The van der Waals surface area contributed by atoms with E-state index in [2.05, 4.69) is 20.6 Å². The maximum Gasteiger partial charge on any atom is 0.247 e. The van der Waals surface area contributed by atoms with Gasteiger partial charge in [-0.3, -0.25) is 4.79 Å². The van der Waals surface area contributed by atoms with Crippen molar-refractivity contribution in [2.45, 2.75) is 6.54 Å². The summed E-state index contributed by atoms with van der Waals surface area (Å²) in [5.41, 5.74) is 8.00. The fourth-order valence-corrected chi connectivity index (χ4v) is 2.05. The molecule has 22 heavy (non-hydrogen) atoms. The average molecular weight is 294 g/mol. The Morgan fingerprint density at radius 1 is 1.23 bits per heavy atom. The first kappa shape index (κ1) is 13.7. The van der Waals surface area contributed by atoms with E-state index < -0.39 is 0 Å². The fraction of sp³-hybridized carbons (Fsp3) is 0.0667. The number of rotatable bonds is 4. The molecule has 1 amide bonds. The van der Waals surface area contributed by atoms with Gasteiger partial charge in [-0.2, -0.15) is 0 Å². The minimum Gasteiger partial charge on any atom is -0.399 e. The van der Waals surface area contributed by atoms with Gasteiger partial charge in [-0.25, -0.2) is 9.67 Å². The first-order valence-electron chi connectivity index (χ1n) is 6.67. The molecule has 0 fully saturated rings. The van der Waals surface area contributed by atoms with Crippen molar-refractivity contribution in [3.8, 4) is 11.3 Å². The lowest BCUT2D eigenvalue weighted by Crippen LogP contribution is -2.20. The number of nitrogens with two attached hydrogens (primary N) is 1. The molecule has 0 aliphatic carbocycles. The Bertz CT molecular complexity index is 783. The normalized spacial score (nSPS) is 10.4. The van der Waals surface area contributed by atoms with E-state index in [9.17, 15) is 4.79 Å². The van der Waals surface area contributed by atoms with Gasteiger partial charge in [0.1, 0.15) is 12.4 Å². The van der Waals surface area contributed by atoms with Crippen molar-refractivity contribution in [2.24, 2.45) is 0 Å². The number of carbonyl (C=O) groups excluding carboxylic acids is 1. The van der Waals surface area contributed by atoms with Crippen LogP contribution in [0.15, 0.2) is 54.9 Å².